The van der Waals surface area contributed by atoms with Crippen LogP contribution < -0.4 is 5.73 Å². The zero-order valence-corrected chi connectivity index (χ0v) is 6.98. The van der Waals surface area contributed by atoms with Crippen molar-refractivity contribution < 1.29 is 4.42 Å². The summed E-state index contributed by atoms with van der Waals surface area (Å²) in [4.78, 5) is 0. The third-order valence-electron chi connectivity index (χ3n) is 2.37. The van der Waals surface area contributed by atoms with E-state index in [0.29, 0.717) is 0 Å². The molecule has 1 aliphatic carbocycles. The molecule has 0 aromatic carbocycles. The molecule has 0 bridgehead atoms. The highest BCUT2D eigenvalue weighted by Gasteiger charge is 2.42. The molecule has 1 aromatic heterocycles. The molecule has 1 heterocycles. The largest absolute Gasteiger partial charge is 0.466 e. The fraction of sp³-hybridized carbons (Fsp3) is 0.556. The molecule has 2 nitrogen and oxygen atoms in total. The first-order valence-electron chi connectivity index (χ1n) is 3.98. The Morgan fingerprint density at radius 3 is 2.45 bits per heavy atom. The summed E-state index contributed by atoms with van der Waals surface area (Å²) in [5, 5.41) is 0. The lowest BCUT2D eigenvalue weighted by molar-refractivity contribution is 0.496. The Morgan fingerprint density at radius 1 is 1.45 bits per heavy atom. The molecular weight excluding hydrogens is 138 g/mol. The molecule has 60 valence electrons. The van der Waals surface area contributed by atoms with E-state index in [-0.39, 0.29) is 5.54 Å². The Kier molecular flexibility index (Phi) is 1.19. The Morgan fingerprint density at radius 2 is 2.09 bits per heavy atom. The Bertz CT molecular complexity index is 284. The van der Waals surface area contributed by atoms with Gasteiger partial charge in [-0.05, 0) is 32.8 Å². The molecule has 0 aliphatic heterocycles. The predicted octanol–water partition coefficient (Wildman–Crippen LogP) is 1.84. The average Bonchev–Trinajstić information content (AvgIpc) is 2.55. The number of hydrogen-bond donors (Lipinski definition) is 1. The summed E-state index contributed by atoms with van der Waals surface area (Å²) in [7, 11) is 0. The van der Waals surface area contributed by atoms with Gasteiger partial charge in [0.25, 0.3) is 0 Å². The highest BCUT2D eigenvalue weighted by atomic mass is 16.3. The maximum absolute atomic E-state index is 6.02. The molecule has 0 saturated heterocycles. The number of nitrogens with two attached hydrogens (primary N) is 1. The van der Waals surface area contributed by atoms with Gasteiger partial charge in [-0.2, -0.15) is 0 Å². The summed E-state index contributed by atoms with van der Waals surface area (Å²) in [6.07, 6.45) is 2.21. The van der Waals surface area contributed by atoms with E-state index >= 15 is 0 Å². The summed E-state index contributed by atoms with van der Waals surface area (Å²) < 4.78 is 5.40. The summed E-state index contributed by atoms with van der Waals surface area (Å²) in [5.41, 5.74) is 7.19. The van der Waals surface area contributed by atoms with Crippen molar-refractivity contribution in [2.45, 2.75) is 32.2 Å². The molecule has 0 unspecified atom stereocenters. The summed E-state index contributed by atoms with van der Waals surface area (Å²) in [6.45, 7) is 3.94. The van der Waals surface area contributed by atoms with Crippen LogP contribution in [0.2, 0.25) is 0 Å². The van der Waals surface area contributed by atoms with Crippen molar-refractivity contribution in [1.29, 1.82) is 0 Å². The summed E-state index contributed by atoms with van der Waals surface area (Å²) >= 11 is 0. The average molecular weight is 151 g/mol. The lowest BCUT2D eigenvalue weighted by atomic mass is 10.1. The lowest BCUT2D eigenvalue weighted by Gasteiger charge is -2.04. The van der Waals surface area contributed by atoms with Gasteiger partial charge in [0, 0.05) is 11.1 Å². The van der Waals surface area contributed by atoms with Gasteiger partial charge in [0.1, 0.15) is 11.5 Å². The second-order valence-electron chi connectivity index (χ2n) is 3.48. The highest BCUT2D eigenvalue weighted by molar-refractivity contribution is 5.33. The van der Waals surface area contributed by atoms with Crippen LogP contribution in [-0.2, 0) is 5.54 Å². The molecule has 1 aliphatic rings. The van der Waals surface area contributed by atoms with Gasteiger partial charge in [0.05, 0.1) is 0 Å². The zero-order chi connectivity index (χ0) is 8.06. The first-order chi connectivity index (χ1) is 5.12. The van der Waals surface area contributed by atoms with Crippen LogP contribution >= 0.6 is 0 Å². The molecule has 0 spiro atoms. The molecule has 1 aromatic rings. The van der Waals surface area contributed by atoms with Crippen molar-refractivity contribution in [3.05, 3.63) is 23.2 Å². The minimum absolute atomic E-state index is 0.0398. The minimum atomic E-state index is -0.0398. The normalized spacial score (nSPS) is 20.3. The fourth-order valence-electron chi connectivity index (χ4n) is 1.53. The molecule has 1 fully saturated rings. The van der Waals surface area contributed by atoms with Crippen LogP contribution in [0.5, 0.6) is 0 Å². The quantitative estimate of drug-likeness (QED) is 0.665. The second kappa shape index (κ2) is 1.89. The molecule has 11 heavy (non-hydrogen) atoms. The number of hydrogen-bond acceptors (Lipinski definition) is 2. The highest BCUT2D eigenvalue weighted by Crippen LogP contribution is 2.44. The van der Waals surface area contributed by atoms with Crippen LogP contribution in [0, 0.1) is 13.8 Å². The number of rotatable bonds is 1. The van der Waals surface area contributed by atoms with Gasteiger partial charge in [-0.3, -0.25) is 0 Å². The van der Waals surface area contributed by atoms with Gasteiger partial charge in [-0.25, -0.2) is 0 Å². The van der Waals surface area contributed by atoms with Crippen molar-refractivity contribution in [2.75, 3.05) is 0 Å². The van der Waals surface area contributed by atoms with Crippen LogP contribution in [0.1, 0.15) is 29.9 Å². The van der Waals surface area contributed by atoms with Crippen molar-refractivity contribution in [2.24, 2.45) is 5.73 Å². The smallest absolute Gasteiger partial charge is 0.106 e. The summed E-state index contributed by atoms with van der Waals surface area (Å²) in [5.74, 6) is 1.96. The van der Waals surface area contributed by atoms with E-state index < -0.39 is 0 Å². The van der Waals surface area contributed by atoms with Crippen molar-refractivity contribution in [3.63, 3.8) is 0 Å². The maximum atomic E-state index is 6.02. The van der Waals surface area contributed by atoms with E-state index in [0.717, 1.165) is 24.4 Å². The molecule has 2 rings (SSSR count). The van der Waals surface area contributed by atoms with Crippen LogP contribution in [0.15, 0.2) is 10.5 Å². The van der Waals surface area contributed by atoms with Crippen molar-refractivity contribution in [3.8, 4) is 0 Å². The first-order valence-corrected chi connectivity index (χ1v) is 3.98. The van der Waals surface area contributed by atoms with Crippen LogP contribution in [0.25, 0.3) is 0 Å². The number of furan rings is 1. The maximum Gasteiger partial charge on any atom is 0.106 e. The van der Waals surface area contributed by atoms with Crippen LogP contribution in [0.4, 0.5) is 0 Å². The Labute approximate surface area is 66.4 Å². The van der Waals surface area contributed by atoms with E-state index in [1.54, 1.807) is 0 Å². The van der Waals surface area contributed by atoms with E-state index in [9.17, 15) is 0 Å². The van der Waals surface area contributed by atoms with E-state index in [1.807, 2.05) is 13.8 Å². The first kappa shape index (κ1) is 6.92. The molecule has 2 heteroatoms. The lowest BCUT2D eigenvalue weighted by Crippen LogP contribution is -2.18. The topological polar surface area (TPSA) is 39.2 Å². The van der Waals surface area contributed by atoms with Gasteiger partial charge >= 0.3 is 0 Å². The van der Waals surface area contributed by atoms with Gasteiger partial charge in [0.15, 0.2) is 0 Å². The molecule has 2 N–H and O–H groups in total. The third-order valence-corrected chi connectivity index (χ3v) is 2.37. The summed E-state index contributed by atoms with van der Waals surface area (Å²) in [6, 6.07) is 2.06. The van der Waals surface area contributed by atoms with Gasteiger partial charge in [-0.15, -0.1) is 0 Å². The zero-order valence-electron chi connectivity index (χ0n) is 6.98. The van der Waals surface area contributed by atoms with E-state index in [1.165, 1.54) is 5.56 Å². The number of aryl methyl sites for hydroxylation is 2. The van der Waals surface area contributed by atoms with Gasteiger partial charge < -0.3 is 10.2 Å². The van der Waals surface area contributed by atoms with Crippen LogP contribution in [0.3, 0.4) is 0 Å². The van der Waals surface area contributed by atoms with E-state index in [2.05, 4.69) is 6.07 Å². The Hall–Kier alpha value is -0.760. The molecule has 1 saturated carbocycles. The second-order valence-corrected chi connectivity index (χ2v) is 3.48. The van der Waals surface area contributed by atoms with Crippen molar-refractivity contribution >= 4 is 0 Å². The molecular formula is C9H13NO. The van der Waals surface area contributed by atoms with Gasteiger partial charge in [-0.1, -0.05) is 0 Å². The predicted molar refractivity (Wildman–Crippen MR) is 43.3 cm³/mol. The Balaban J connectivity index is 2.44. The van der Waals surface area contributed by atoms with Gasteiger partial charge in [0.2, 0.25) is 0 Å². The molecule has 0 atom stereocenters. The van der Waals surface area contributed by atoms with E-state index in [4.69, 9.17) is 10.2 Å². The fourth-order valence-corrected chi connectivity index (χ4v) is 1.53. The molecule has 0 amide bonds. The van der Waals surface area contributed by atoms with Crippen LogP contribution in [-0.4, -0.2) is 0 Å². The monoisotopic (exact) mass is 151 g/mol. The minimum Gasteiger partial charge on any atom is -0.466 e. The standard InChI is InChI=1S/C9H13NO/c1-6-5-8(7(2)11-6)9(10)3-4-9/h5H,3-4,10H2,1-2H3. The SMILES string of the molecule is Cc1cc(C2(N)CC2)c(C)o1. The third kappa shape index (κ3) is 0.979. The molecule has 0 radical (unpaired) electrons. The van der Waals surface area contributed by atoms with Crippen molar-refractivity contribution in [1.82, 2.24) is 0 Å².